The average molecular weight is 410 g/mol. The Labute approximate surface area is 173 Å². The van der Waals surface area contributed by atoms with E-state index in [0.29, 0.717) is 30.4 Å². The van der Waals surface area contributed by atoms with E-state index in [1.54, 1.807) is 29.8 Å². The number of rotatable bonds is 6. The molecule has 0 radical (unpaired) electrons. The summed E-state index contributed by atoms with van der Waals surface area (Å²) >= 11 is 1.58. The fourth-order valence-electron chi connectivity index (χ4n) is 2.86. The zero-order chi connectivity index (χ0) is 20.4. The van der Waals surface area contributed by atoms with Crippen LogP contribution in [0.1, 0.15) is 39.6 Å². The van der Waals surface area contributed by atoms with Crippen LogP contribution < -0.4 is 10.1 Å². The quantitative estimate of drug-likeness (QED) is 0.670. The highest BCUT2D eigenvalue weighted by Gasteiger charge is 2.22. The Morgan fingerprint density at radius 3 is 2.55 bits per heavy atom. The first-order valence-electron chi connectivity index (χ1n) is 9.39. The lowest BCUT2D eigenvalue weighted by Gasteiger charge is -2.27. The molecule has 0 spiro atoms. The first-order chi connectivity index (χ1) is 14.0. The van der Waals surface area contributed by atoms with Gasteiger partial charge in [0, 0.05) is 34.6 Å². The molecule has 1 fully saturated rings. The van der Waals surface area contributed by atoms with Crippen LogP contribution in [0.4, 0.5) is 0 Å². The predicted octanol–water partition coefficient (Wildman–Crippen LogP) is 3.49. The largest absolute Gasteiger partial charge is 0.486 e. The zero-order valence-corrected chi connectivity index (χ0v) is 17.3. The summed E-state index contributed by atoms with van der Waals surface area (Å²) in [6.07, 6.45) is 5.31. The number of thiazole rings is 1. The second-order valence-electron chi connectivity index (χ2n) is 7.11. The van der Waals surface area contributed by atoms with Gasteiger partial charge in [-0.3, -0.25) is 4.79 Å². The molecule has 1 saturated heterocycles. The third-order valence-electron chi connectivity index (χ3n) is 4.48. The smallest absolute Gasteiger partial charge is 0.252 e. The first kappa shape index (κ1) is 19.5. The Kier molecular flexibility index (Phi) is 5.55. The zero-order valence-electron chi connectivity index (χ0n) is 16.5. The van der Waals surface area contributed by atoms with Crippen molar-refractivity contribution in [3.63, 3.8) is 0 Å². The van der Waals surface area contributed by atoms with Crippen molar-refractivity contribution in [1.29, 1.82) is 0 Å². The van der Waals surface area contributed by atoms with Crippen LogP contribution in [0.5, 0.6) is 5.75 Å². The van der Waals surface area contributed by atoms with Gasteiger partial charge in [0.2, 0.25) is 0 Å². The van der Waals surface area contributed by atoms with E-state index in [9.17, 15) is 4.79 Å². The molecule has 0 aliphatic carbocycles. The number of hydrogen-bond acceptors (Lipinski definition) is 7. The molecule has 4 rings (SSSR count). The maximum atomic E-state index is 12.9. The highest BCUT2D eigenvalue weighted by molar-refractivity contribution is 7.14. The number of carbonyl (C=O) groups excluding carboxylic acids is 1. The molecule has 1 aliphatic rings. The van der Waals surface area contributed by atoms with Gasteiger partial charge >= 0.3 is 0 Å². The lowest BCUT2D eigenvalue weighted by Crippen LogP contribution is -2.38. The van der Waals surface area contributed by atoms with Gasteiger partial charge in [-0.25, -0.2) is 15.0 Å². The fraction of sp³-hybridized carbons (Fsp3) is 0.333. The number of benzene rings is 1. The lowest BCUT2D eigenvalue weighted by molar-refractivity contribution is -0.0796. The van der Waals surface area contributed by atoms with Crippen molar-refractivity contribution in [2.45, 2.75) is 32.9 Å². The molecule has 1 N–H and O–H groups in total. The highest BCUT2D eigenvalue weighted by Crippen LogP contribution is 2.30. The number of nitrogens with zero attached hydrogens (tertiary/aromatic N) is 3. The molecule has 7 nitrogen and oxygen atoms in total. The first-order valence-corrected chi connectivity index (χ1v) is 10.2. The molecule has 0 unspecified atom stereocenters. The van der Waals surface area contributed by atoms with Crippen LogP contribution in [0, 0.1) is 13.8 Å². The monoisotopic (exact) mass is 410 g/mol. The van der Waals surface area contributed by atoms with E-state index in [1.165, 1.54) is 0 Å². The molecule has 1 atom stereocenters. The summed E-state index contributed by atoms with van der Waals surface area (Å²) in [5, 5.41) is 3.81. The number of ether oxygens (including phenoxy) is 2. The maximum absolute atomic E-state index is 12.9. The molecule has 1 aromatic carbocycles. The van der Waals surface area contributed by atoms with Crippen LogP contribution in [0.15, 0.2) is 36.8 Å². The Balaban J connectivity index is 1.59. The van der Waals surface area contributed by atoms with Crippen molar-refractivity contribution in [3.8, 4) is 16.3 Å². The van der Waals surface area contributed by atoms with Crippen molar-refractivity contribution in [2.75, 3.05) is 13.2 Å². The lowest BCUT2D eigenvalue weighted by atomic mass is 10.1. The van der Waals surface area contributed by atoms with E-state index in [-0.39, 0.29) is 18.1 Å². The molecule has 29 heavy (non-hydrogen) atoms. The summed E-state index contributed by atoms with van der Waals surface area (Å²) in [7, 11) is 0. The number of nitrogens with one attached hydrogen (secondary N) is 1. The van der Waals surface area contributed by atoms with E-state index in [1.807, 2.05) is 39.1 Å². The van der Waals surface area contributed by atoms with Crippen LogP contribution in [0.3, 0.4) is 0 Å². The minimum Gasteiger partial charge on any atom is -0.486 e. The summed E-state index contributed by atoms with van der Waals surface area (Å²) in [6.45, 7) is 6.91. The van der Waals surface area contributed by atoms with Crippen molar-refractivity contribution >= 4 is 17.2 Å². The summed E-state index contributed by atoms with van der Waals surface area (Å²) < 4.78 is 11.1. The van der Waals surface area contributed by atoms with Crippen molar-refractivity contribution in [3.05, 3.63) is 58.6 Å². The molecular weight excluding hydrogens is 388 g/mol. The van der Waals surface area contributed by atoms with Crippen LogP contribution >= 0.6 is 11.3 Å². The van der Waals surface area contributed by atoms with Crippen molar-refractivity contribution in [1.82, 2.24) is 20.3 Å². The van der Waals surface area contributed by atoms with Gasteiger partial charge in [0.25, 0.3) is 5.91 Å². The third-order valence-corrected chi connectivity index (χ3v) is 5.44. The number of aromatic nitrogens is 3. The Bertz CT molecular complexity index is 1020. The van der Waals surface area contributed by atoms with E-state index >= 15 is 0 Å². The van der Waals surface area contributed by atoms with E-state index < -0.39 is 0 Å². The number of aryl methyl sites for hydroxylation is 2. The van der Waals surface area contributed by atoms with Crippen molar-refractivity contribution < 1.29 is 14.3 Å². The molecular formula is C21H22N4O3S. The Morgan fingerprint density at radius 1 is 1.17 bits per heavy atom. The molecule has 1 amide bonds. The van der Waals surface area contributed by atoms with Crippen LogP contribution in [0.2, 0.25) is 0 Å². The molecule has 8 heteroatoms. The van der Waals surface area contributed by atoms with Gasteiger partial charge in [-0.05, 0) is 44.5 Å². The average Bonchev–Trinajstić information content (AvgIpc) is 3.11. The number of carbonyl (C=O) groups is 1. The topological polar surface area (TPSA) is 86.2 Å². The fourth-order valence-corrected chi connectivity index (χ4v) is 3.61. The van der Waals surface area contributed by atoms with Gasteiger partial charge in [0.15, 0.2) is 0 Å². The Morgan fingerprint density at radius 2 is 1.93 bits per heavy atom. The maximum Gasteiger partial charge on any atom is 0.252 e. The minimum absolute atomic E-state index is 0.0130. The van der Waals surface area contributed by atoms with E-state index in [2.05, 4.69) is 20.3 Å². The summed E-state index contributed by atoms with van der Waals surface area (Å²) in [5.41, 5.74) is 2.33. The van der Waals surface area contributed by atoms with Gasteiger partial charge in [0.05, 0.1) is 19.3 Å². The summed E-state index contributed by atoms with van der Waals surface area (Å²) in [6, 6.07) is 5.18. The van der Waals surface area contributed by atoms with Crippen molar-refractivity contribution in [2.24, 2.45) is 0 Å². The number of hydrogen-bond donors (Lipinski definition) is 1. The van der Waals surface area contributed by atoms with E-state index in [4.69, 9.17) is 9.47 Å². The normalized spacial score (nSPS) is 14.9. The highest BCUT2D eigenvalue weighted by atomic mass is 32.1. The summed E-state index contributed by atoms with van der Waals surface area (Å²) in [4.78, 5) is 27.1. The predicted molar refractivity (Wildman–Crippen MR) is 110 cm³/mol. The van der Waals surface area contributed by atoms with Crippen LogP contribution in [-0.4, -0.2) is 40.2 Å². The summed E-state index contributed by atoms with van der Waals surface area (Å²) in [5.74, 6) is 0.985. The second-order valence-corrected chi connectivity index (χ2v) is 8.35. The molecule has 3 heterocycles. The Hall–Kier alpha value is -2.84. The minimum atomic E-state index is -0.321. The standard InChI is InChI=1S/C21H22N4O3S/c1-12-7-22-19(23-8-12)14(3)25-20(26)15-4-16(21-24-9-13(2)29-21)6-17(5-15)28-18-10-27-11-18/h4-9,14,18H,10-11H2,1-3H3,(H,25,26)/t14-/m1/s1. The van der Waals surface area contributed by atoms with Crippen LogP contribution in [-0.2, 0) is 4.74 Å². The van der Waals surface area contributed by atoms with Gasteiger partial charge in [-0.2, -0.15) is 0 Å². The molecule has 1 aliphatic heterocycles. The SMILES string of the molecule is Cc1cnc([C@@H](C)NC(=O)c2cc(OC3COC3)cc(-c3ncc(C)s3)c2)nc1. The second kappa shape index (κ2) is 8.26. The molecule has 150 valence electrons. The molecule has 2 aromatic heterocycles. The van der Waals surface area contributed by atoms with Gasteiger partial charge in [-0.15, -0.1) is 11.3 Å². The van der Waals surface area contributed by atoms with E-state index in [0.717, 1.165) is 21.0 Å². The number of amides is 1. The molecule has 3 aromatic rings. The van der Waals surface area contributed by atoms with Gasteiger partial charge in [0.1, 0.15) is 22.7 Å². The van der Waals surface area contributed by atoms with Gasteiger partial charge in [-0.1, -0.05) is 0 Å². The molecule has 0 bridgehead atoms. The van der Waals surface area contributed by atoms with Crippen LogP contribution in [0.25, 0.3) is 10.6 Å². The third kappa shape index (κ3) is 4.60. The molecule has 0 saturated carbocycles. The van der Waals surface area contributed by atoms with Gasteiger partial charge < -0.3 is 14.8 Å².